The van der Waals surface area contributed by atoms with E-state index in [1.165, 1.54) is 27.7 Å². The Morgan fingerprint density at radius 1 is 0.339 bits per heavy atom. The summed E-state index contributed by atoms with van der Waals surface area (Å²) in [6, 6.07) is 57.2. The maximum atomic E-state index is 13.1. The minimum absolute atomic E-state index is 0.399. The van der Waals surface area contributed by atoms with E-state index in [1.54, 1.807) is 0 Å². The number of carbonyl (C=O) groups excluding carboxylic acids is 4. The lowest BCUT2D eigenvalue weighted by Gasteiger charge is -2.41. The van der Waals surface area contributed by atoms with E-state index >= 15 is 0 Å². The SMILES string of the molecule is CC(=O)O[C@H]([C@H](OC(C)=O)[C@H](COC(c1ccccc1)(c1ccccc1)c1ccccc1)OC(C)=O)[C@@H](COC(c1ccccc1)(c1ccccc1)c1ccccc1)OC(C)=O. The molecule has 10 heteroatoms. The summed E-state index contributed by atoms with van der Waals surface area (Å²) in [5, 5.41) is 0. The smallest absolute Gasteiger partial charge is 0.303 e. The molecule has 6 rings (SSSR count). The van der Waals surface area contributed by atoms with E-state index in [4.69, 9.17) is 28.4 Å². The van der Waals surface area contributed by atoms with Gasteiger partial charge in [0.25, 0.3) is 0 Å². The third kappa shape index (κ3) is 10.5. The molecule has 62 heavy (non-hydrogen) atoms. The van der Waals surface area contributed by atoms with E-state index in [-0.39, 0.29) is 0 Å². The van der Waals surface area contributed by atoms with Gasteiger partial charge in [0.05, 0.1) is 13.2 Å². The van der Waals surface area contributed by atoms with Gasteiger partial charge in [-0.15, -0.1) is 0 Å². The van der Waals surface area contributed by atoms with Crippen LogP contribution < -0.4 is 0 Å². The van der Waals surface area contributed by atoms with Crippen LogP contribution in [0.4, 0.5) is 0 Å². The van der Waals surface area contributed by atoms with Crippen molar-refractivity contribution >= 4 is 23.9 Å². The molecule has 4 atom stereocenters. The molecule has 0 fully saturated rings. The lowest BCUT2D eigenvalue weighted by Crippen LogP contribution is -2.55. The van der Waals surface area contributed by atoms with Crippen molar-refractivity contribution in [3.63, 3.8) is 0 Å². The maximum Gasteiger partial charge on any atom is 0.303 e. The van der Waals surface area contributed by atoms with Gasteiger partial charge in [0.2, 0.25) is 0 Å². The second-order valence-corrected chi connectivity index (χ2v) is 14.6. The molecule has 0 saturated carbocycles. The quantitative estimate of drug-likeness (QED) is 0.0445. The molecule has 0 heterocycles. The highest BCUT2D eigenvalue weighted by atomic mass is 16.6. The second kappa shape index (κ2) is 21.1. The van der Waals surface area contributed by atoms with Crippen molar-refractivity contribution in [2.75, 3.05) is 13.2 Å². The standard InChI is InChI=1S/C52H50O10/c1-37(53)59-47(35-57-51(41-23-11-5-12-24-41,42-25-13-6-14-26-42)43-27-15-7-16-28-43)49(61-39(3)55)50(62-40(4)56)48(60-38(2)54)36-58-52(44-29-17-8-18-30-44,45-31-19-9-20-32-45)46-33-21-10-22-34-46/h5-34,47-50H,35-36H2,1-4H3/t47-,48+,49+,50-. The number of rotatable bonds is 19. The van der Waals surface area contributed by atoms with Crippen molar-refractivity contribution in [3.05, 3.63) is 215 Å². The summed E-state index contributed by atoms with van der Waals surface area (Å²) in [5.41, 5.74) is 1.94. The molecular formula is C52H50O10. The Hall–Kier alpha value is -6.88. The number of hydrogen-bond donors (Lipinski definition) is 0. The fourth-order valence-electron chi connectivity index (χ4n) is 7.86. The Labute approximate surface area is 362 Å². The first kappa shape index (κ1) is 44.7. The van der Waals surface area contributed by atoms with Crippen molar-refractivity contribution in [1.29, 1.82) is 0 Å². The van der Waals surface area contributed by atoms with E-state index < -0.39 is 72.7 Å². The summed E-state index contributed by atoms with van der Waals surface area (Å²) in [4.78, 5) is 52.4. The van der Waals surface area contributed by atoms with Gasteiger partial charge in [0, 0.05) is 27.7 Å². The monoisotopic (exact) mass is 834 g/mol. The Morgan fingerprint density at radius 3 is 0.710 bits per heavy atom. The third-order valence-electron chi connectivity index (χ3n) is 10.3. The van der Waals surface area contributed by atoms with Gasteiger partial charge < -0.3 is 28.4 Å². The van der Waals surface area contributed by atoms with Crippen molar-refractivity contribution in [3.8, 4) is 0 Å². The van der Waals surface area contributed by atoms with Crippen molar-refractivity contribution < 1.29 is 47.6 Å². The molecule has 0 bridgehead atoms. The lowest BCUT2D eigenvalue weighted by molar-refractivity contribution is -0.210. The van der Waals surface area contributed by atoms with Gasteiger partial charge in [-0.2, -0.15) is 0 Å². The molecule has 0 N–H and O–H groups in total. The van der Waals surface area contributed by atoms with Crippen LogP contribution in [0.5, 0.6) is 0 Å². The lowest BCUT2D eigenvalue weighted by atomic mass is 9.80. The zero-order valence-corrected chi connectivity index (χ0v) is 35.1. The number of hydrogen-bond acceptors (Lipinski definition) is 10. The molecule has 0 radical (unpaired) electrons. The molecule has 0 aromatic heterocycles. The van der Waals surface area contributed by atoms with Gasteiger partial charge in [0.1, 0.15) is 11.2 Å². The normalized spacial score (nSPS) is 13.4. The average molecular weight is 835 g/mol. The molecule has 0 aliphatic heterocycles. The van der Waals surface area contributed by atoms with Crippen LogP contribution in [-0.2, 0) is 58.8 Å². The molecule has 0 saturated heterocycles. The molecule has 10 nitrogen and oxygen atoms in total. The van der Waals surface area contributed by atoms with E-state index in [0.29, 0.717) is 0 Å². The fraction of sp³-hybridized carbons (Fsp3) is 0.231. The van der Waals surface area contributed by atoms with Crippen molar-refractivity contribution in [2.24, 2.45) is 0 Å². The predicted octanol–water partition coefficient (Wildman–Crippen LogP) is 8.73. The molecule has 0 aliphatic carbocycles. The van der Waals surface area contributed by atoms with Crippen LogP contribution >= 0.6 is 0 Å². The zero-order valence-electron chi connectivity index (χ0n) is 35.1. The van der Waals surface area contributed by atoms with E-state index in [2.05, 4.69) is 0 Å². The highest BCUT2D eigenvalue weighted by molar-refractivity contribution is 5.69. The molecular weight excluding hydrogens is 785 g/mol. The summed E-state index contributed by atoms with van der Waals surface area (Å²) in [7, 11) is 0. The van der Waals surface area contributed by atoms with Crippen LogP contribution in [-0.4, -0.2) is 61.5 Å². The summed E-state index contributed by atoms with van der Waals surface area (Å²) in [6.07, 6.45) is -6.05. The van der Waals surface area contributed by atoms with Gasteiger partial charge in [-0.1, -0.05) is 182 Å². The average Bonchev–Trinajstić information content (AvgIpc) is 3.29. The van der Waals surface area contributed by atoms with Gasteiger partial charge >= 0.3 is 23.9 Å². The molecule has 6 aromatic carbocycles. The molecule has 0 spiro atoms. The van der Waals surface area contributed by atoms with Crippen LogP contribution in [0.15, 0.2) is 182 Å². The molecule has 318 valence electrons. The van der Waals surface area contributed by atoms with Crippen LogP contribution in [0, 0.1) is 0 Å². The van der Waals surface area contributed by atoms with Crippen molar-refractivity contribution in [2.45, 2.75) is 63.3 Å². The van der Waals surface area contributed by atoms with Gasteiger partial charge in [0.15, 0.2) is 24.4 Å². The third-order valence-corrected chi connectivity index (χ3v) is 10.3. The largest absolute Gasteiger partial charge is 0.456 e. The summed E-state index contributed by atoms with van der Waals surface area (Å²) >= 11 is 0. The highest BCUT2D eigenvalue weighted by Crippen LogP contribution is 2.43. The Bertz CT molecular complexity index is 1980. The first-order valence-corrected chi connectivity index (χ1v) is 20.3. The fourth-order valence-corrected chi connectivity index (χ4v) is 7.86. The van der Waals surface area contributed by atoms with E-state index in [0.717, 1.165) is 33.4 Å². The highest BCUT2D eigenvalue weighted by Gasteiger charge is 2.48. The minimum Gasteiger partial charge on any atom is -0.456 e. The number of ether oxygens (including phenoxy) is 6. The summed E-state index contributed by atoms with van der Waals surface area (Å²) in [6.45, 7) is 3.96. The number of benzene rings is 6. The topological polar surface area (TPSA) is 124 Å². The van der Waals surface area contributed by atoms with Gasteiger partial charge in [-0.25, -0.2) is 0 Å². The first-order valence-electron chi connectivity index (χ1n) is 20.3. The van der Waals surface area contributed by atoms with Crippen LogP contribution in [0.3, 0.4) is 0 Å². The second-order valence-electron chi connectivity index (χ2n) is 14.6. The molecule has 6 aromatic rings. The first-order chi connectivity index (χ1) is 30.0. The van der Waals surface area contributed by atoms with Gasteiger partial charge in [-0.3, -0.25) is 19.2 Å². The summed E-state index contributed by atoms with van der Waals surface area (Å²) < 4.78 is 38.1. The zero-order chi connectivity index (χ0) is 44.0. The predicted molar refractivity (Wildman–Crippen MR) is 233 cm³/mol. The van der Waals surface area contributed by atoms with Crippen LogP contribution in [0.1, 0.15) is 61.1 Å². The number of carbonyl (C=O) groups is 4. The maximum absolute atomic E-state index is 13.1. The Morgan fingerprint density at radius 2 is 0.532 bits per heavy atom. The van der Waals surface area contributed by atoms with Gasteiger partial charge in [-0.05, 0) is 33.4 Å². The van der Waals surface area contributed by atoms with E-state index in [9.17, 15) is 19.2 Å². The van der Waals surface area contributed by atoms with E-state index in [1.807, 2.05) is 182 Å². The number of esters is 4. The van der Waals surface area contributed by atoms with Crippen LogP contribution in [0.25, 0.3) is 0 Å². The summed E-state index contributed by atoms with van der Waals surface area (Å²) in [5.74, 6) is -3.06. The Balaban J connectivity index is 1.48. The van der Waals surface area contributed by atoms with Crippen LogP contribution in [0.2, 0.25) is 0 Å². The minimum atomic E-state index is -1.59. The van der Waals surface area contributed by atoms with Crippen molar-refractivity contribution in [1.82, 2.24) is 0 Å². The Kier molecular flexibility index (Phi) is 15.2. The molecule has 0 amide bonds. The molecule has 0 aliphatic rings. The molecule has 0 unspecified atom stereocenters.